The van der Waals surface area contributed by atoms with E-state index in [1.54, 1.807) is 20.2 Å². The summed E-state index contributed by atoms with van der Waals surface area (Å²) in [6, 6.07) is 11.6. The number of rotatable bonds is 7. The third kappa shape index (κ3) is 4.09. The Morgan fingerprint density at radius 3 is 2.66 bits per heavy atom. The smallest absolute Gasteiger partial charge is 0.233 e. The van der Waals surface area contributed by atoms with Crippen LogP contribution in [-0.4, -0.2) is 55.3 Å². The van der Waals surface area contributed by atoms with Crippen molar-refractivity contribution in [3.63, 3.8) is 0 Å². The van der Waals surface area contributed by atoms with E-state index < -0.39 is 0 Å². The third-order valence-electron chi connectivity index (χ3n) is 8.02. The van der Waals surface area contributed by atoms with E-state index in [0.717, 1.165) is 41.2 Å². The number of carbonyl (C=O) groups is 2. The van der Waals surface area contributed by atoms with E-state index in [2.05, 4.69) is 13.0 Å². The van der Waals surface area contributed by atoms with Crippen LogP contribution in [0.2, 0.25) is 0 Å². The van der Waals surface area contributed by atoms with Crippen molar-refractivity contribution in [3.05, 3.63) is 58.7 Å². The lowest BCUT2D eigenvalue weighted by atomic mass is 9.69. The summed E-state index contributed by atoms with van der Waals surface area (Å²) < 4.78 is 11.8. The molecular formula is C29H33NO5. The topological polar surface area (TPSA) is 76.1 Å². The highest BCUT2D eigenvalue weighted by molar-refractivity contribution is 6.05. The molecule has 2 aliphatic heterocycles. The van der Waals surface area contributed by atoms with Gasteiger partial charge >= 0.3 is 0 Å². The zero-order valence-corrected chi connectivity index (χ0v) is 20.6. The molecule has 3 aliphatic rings. The minimum Gasteiger partial charge on any atom is -0.507 e. The van der Waals surface area contributed by atoms with E-state index in [1.165, 1.54) is 16.0 Å². The van der Waals surface area contributed by atoms with Gasteiger partial charge in [-0.05, 0) is 53.8 Å². The van der Waals surface area contributed by atoms with Crippen molar-refractivity contribution in [2.45, 2.75) is 38.7 Å². The van der Waals surface area contributed by atoms with Crippen LogP contribution in [0.15, 0.2) is 53.1 Å². The van der Waals surface area contributed by atoms with Crippen LogP contribution in [0.3, 0.4) is 0 Å². The Balaban J connectivity index is 1.39. The van der Waals surface area contributed by atoms with Gasteiger partial charge in [0.1, 0.15) is 5.75 Å². The Morgan fingerprint density at radius 1 is 1.14 bits per heavy atom. The number of allylic oxidation sites excluding steroid dienone is 1. The largest absolute Gasteiger partial charge is 0.507 e. The Morgan fingerprint density at radius 2 is 1.91 bits per heavy atom. The molecule has 6 heteroatoms. The maximum atomic E-state index is 12.9. The van der Waals surface area contributed by atoms with Gasteiger partial charge in [-0.2, -0.15) is 0 Å². The first-order valence-electron chi connectivity index (χ1n) is 12.5. The number of phenols is 1. The number of nitrogens with zero attached hydrogens (tertiary/aromatic N) is 1. The minimum atomic E-state index is -0.308. The molecule has 0 radical (unpaired) electrons. The van der Waals surface area contributed by atoms with Gasteiger partial charge in [0.2, 0.25) is 11.8 Å². The first kappa shape index (κ1) is 23.8. The molecule has 35 heavy (non-hydrogen) atoms. The maximum absolute atomic E-state index is 12.9. The second kappa shape index (κ2) is 9.59. The summed E-state index contributed by atoms with van der Waals surface area (Å²) in [5.74, 6) is -0.495. The Hall–Kier alpha value is -2.96. The molecule has 0 spiro atoms. The highest BCUT2D eigenvalue weighted by atomic mass is 16.5. The molecule has 4 atom stereocenters. The van der Waals surface area contributed by atoms with Gasteiger partial charge in [-0.3, -0.25) is 14.5 Å². The number of amides is 2. The summed E-state index contributed by atoms with van der Waals surface area (Å²) in [4.78, 5) is 26.9. The number of benzene rings is 2. The van der Waals surface area contributed by atoms with Gasteiger partial charge in [0.05, 0.1) is 31.2 Å². The maximum Gasteiger partial charge on any atom is 0.233 e. The molecule has 2 aromatic rings. The molecule has 1 aliphatic carbocycles. The number of likely N-dealkylation sites (tertiary alicyclic amines) is 1. The van der Waals surface area contributed by atoms with Gasteiger partial charge in [-0.15, -0.1) is 0 Å². The molecule has 0 bridgehead atoms. The molecule has 2 saturated heterocycles. The number of phenolic OH excluding ortho intramolecular Hbond substituents is 1. The van der Waals surface area contributed by atoms with Crippen LogP contribution in [0.4, 0.5) is 0 Å². The second-order valence-corrected chi connectivity index (χ2v) is 9.91. The molecule has 2 fully saturated rings. The van der Waals surface area contributed by atoms with Gasteiger partial charge in [-0.25, -0.2) is 0 Å². The number of hydrogen-bond acceptors (Lipinski definition) is 5. The normalized spacial score (nSPS) is 26.6. The second-order valence-electron chi connectivity index (χ2n) is 9.91. The SMILES string of the molecule is CC/C(=C\c1ccc(O)c2ccccc12)CC[C@H]1OC[C@H]2C1=C(COC)C[C@H]1C(=O)N(C)C(=O)[C@H]12. The monoisotopic (exact) mass is 475 g/mol. The lowest BCUT2D eigenvalue weighted by Gasteiger charge is -2.31. The zero-order chi connectivity index (χ0) is 24.7. The van der Waals surface area contributed by atoms with Crippen LogP contribution in [0, 0.1) is 17.8 Å². The fourth-order valence-electron chi connectivity index (χ4n) is 6.26. The van der Waals surface area contributed by atoms with E-state index >= 15 is 0 Å². The molecular weight excluding hydrogens is 442 g/mol. The lowest BCUT2D eigenvalue weighted by molar-refractivity contribution is -0.138. The summed E-state index contributed by atoms with van der Waals surface area (Å²) >= 11 is 0. The molecule has 1 N–H and O–H groups in total. The summed E-state index contributed by atoms with van der Waals surface area (Å²) in [6.07, 6.45) is 5.35. The first-order chi connectivity index (χ1) is 16.9. The predicted octanol–water partition coefficient (Wildman–Crippen LogP) is 4.71. The molecule has 0 aromatic heterocycles. The average Bonchev–Trinajstić information content (AvgIpc) is 3.39. The van der Waals surface area contributed by atoms with Crippen molar-refractivity contribution in [2.24, 2.45) is 17.8 Å². The van der Waals surface area contributed by atoms with Crippen LogP contribution >= 0.6 is 0 Å². The molecule has 2 aromatic carbocycles. The van der Waals surface area contributed by atoms with E-state index in [4.69, 9.17) is 9.47 Å². The minimum absolute atomic E-state index is 0.0413. The van der Waals surface area contributed by atoms with Crippen molar-refractivity contribution < 1.29 is 24.2 Å². The van der Waals surface area contributed by atoms with Crippen molar-refractivity contribution in [1.29, 1.82) is 0 Å². The number of ether oxygens (including phenoxy) is 2. The summed E-state index contributed by atoms with van der Waals surface area (Å²) in [5, 5.41) is 12.1. The quantitative estimate of drug-likeness (QED) is 0.464. The van der Waals surface area contributed by atoms with Gasteiger partial charge in [0.15, 0.2) is 0 Å². The standard InChI is InChI=1S/C29H33NO5/c1-4-17(13-18-10-11-24(31)21-8-6-5-7-20(18)21)9-12-25-26-19(15-34-3)14-22-27(23(26)16-35-25)29(33)30(2)28(22)32/h5-8,10-11,13,22-23,25,27,31H,4,9,12,14-16H2,1-3H3/b17-13+/t22-,23+,25-,27-/m1/s1. The molecule has 5 rings (SSSR count). The van der Waals surface area contributed by atoms with E-state index in [9.17, 15) is 14.7 Å². The highest BCUT2D eigenvalue weighted by Crippen LogP contribution is 2.49. The lowest BCUT2D eigenvalue weighted by Crippen LogP contribution is -2.34. The molecule has 2 heterocycles. The zero-order valence-electron chi connectivity index (χ0n) is 20.6. The number of aromatic hydroxyl groups is 1. The van der Waals surface area contributed by atoms with Crippen LogP contribution < -0.4 is 0 Å². The van der Waals surface area contributed by atoms with Gasteiger partial charge < -0.3 is 14.6 Å². The molecule has 6 nitrogen and oxygen atoms in total. The van der Waals surface area contributed by atoms with E-state index in [0.29, 0.717) is 25.4 Å². The fraction of sp³-hybridized carbons (Fsp3) is 0.448. The number of hydrogen-bond donors (Lipinski definition) is 1. The van der Waals surface area contributed by atoms with Crippen LogP contribution in [0.25, 0.3) is 16.8 Å². The summed E-state index contributed by atoms with van der Waals surface area (Å²) in [7, 11) is 3.27. The average molecular weight is 476 g/mol. The predicted molar refractivity (Wildman–Crippen MR) is 135 cm³/mol. The summed E-state index contributed by atoms with van der Waals surface area (Å²) in [6.45, 7) is 3.11. The van der Waals surface area contributed by atoms with Crippen LogP contribution in [0.1, 0.15) is 38.2 Å². The Bertz CT molecular complexity index is 1230. The molecule has 2 amide bonds. The van der Waals surface area contributed by atoms with Crippen molar-refractivity contribution in [1.82, 2.24) is 4.90 Å². The Labute approximate surface area is 206 Å². The van der Waals surface area contributed by atoms with Crippen molar-refractivity contribution in [2.75, 3.05) is 27.4 Å². The first-order valence-corrected chi connectivity index (χ1v) is 12.5. The van der Waals surface area contributed by atoms with E-state index in [1.807, 2.05) is 30.3 Å². The molecule has 0 saturated carbocycles. The fourth-order valence-corrected chi connectivity index (χ4v) is 6.26. The van der Waals surface area contributed by atoms with Gasteiger partial charge in [-0.1, -0.05) is 48.9 Å². The molecule has 184 valence electrons. The number of methoxy groups -OCH3 is 1. The van der Waals surface area contributed by atoms with Crippen molar-refractivity contribution >= 4 is 28.7 Å². The number of carbonyl (C=O) groups excluding carboxylic acids is 2. The number of imide groups is 1. The Kier molecular flexibility index (Phi) is 6.51. The number of fused-ring (bicyclic) bond motifs is 4. The van der Waals surface area contributed by atoms with Crippen molar-refractivity contribution in [3.8, 4) is 5.75 Å². The molecule has 0 unspecified atom stereocenters. The van der Waals surface area contributed by atoms with Crippen LogP contribution in [0.5, 0.6) is 5.75 Å². The highest BCUT2D eigenvalue weighted by Gasteiger charge is 2.55. The van der Waals surface area contributed by atoms with E-state index in [-0.39, 0.29) is 35.7 Å². The third-order valence-corrected chi connectivity index (χ3v) is 8.02. The van der Waals surface area contributed by atoms with Crippen LogP contribution in [-0.2, 0) is 19.1 Å². The summed E-state index contributed by atoms with van der Waals surface area (Å²) in [5.41, 5.74) is 4.72. The van der Waals surface area contributed by atoms with Gasteiger partial charge in [0, 0.05) is 25.5 Å². The van der Waals surface area contributed by atoms with Gasteiger partial charge in [0.25, 0.3) is 0 Å².